The zero-order valence-electron chi connectivity index (χ0n) is 15.4. The lowest BCUT2D eigenvalue weighted by molar-refractivity contribution is -0.146. The lowest BCUT2D eigenvalue weighted by Gasteiger charge is -2.17. The Morgan fingerprint density at radius 2 is 1.64 bits per heavy atom. The number of ether oxygens (including phenoxy) is 6. The van der Waals surface area contributed by atoms with Crippen LogP contribution in [-0.4, -0.2) is 82.1 Å². The van der Waals surface area contributed by atoms with Gasteiger partial charge in [0.15, 0.2) is 5.79 Å². The molecule has 7 heteroatoms. The summed E-state index contributed by atoms with van der Waals surface area (Å²) in [4.78, 5) is 0. The van der Waals surface area contributed by atoms with E-state index in [1.165, 1.54) is 0 Å². The van der Waals surface area contributed by atoms with Gasteiger partial charge in [-0.25, -0.2) is 0 Å². The molecule has 1 N–H and O–H groups in total. The Bertz CT molecular complexity index is 368. The number of hydrogen-bond donors (Lipinski definition) is 1. The van der Waals surface area contributed by atoms with Crippen LogP contribution in [0.2, 0.25) is 0 Å². The molecule has 0 bridgehead atoms. The highest BCUT2D eigenvalue weighted by Crippen LogP contribution is 2.22. The van der Waals surface area contributed by atoms with E-state index in [9.17, 15) is 5.11 Å². The van der Waals surface area contributed by atoms with Gasteiger partial charge in [-0.15, -0.1) is 13.2 Å². The third kappa shape index (κ3) is 12.2. The minimum Gasteiger partial charge on any atom is -0.388 e. The molecule has 2 fully saturated rings. The van der Waals surface area contributed by atoms with E-state index < -0.39 is 11.9 Å². The van der Waals surface area contributed by atoms with Gasteiger partial charge in [0, 0.05) is 0 Å². The number of aliphatic hydroxyl groups is 1. The van der Waals surface area contributed by atoms with Crippen LogP contribution in [-0.2, 0) is 28.4 Å². The van der Waals surface area contributed by atoms with Crippen LogP contribution in [0.25, 0.3) is 0 Å². The van der Waals surface area contributed by atoms with Crippen molar-refractivity contribution >= 4 is 0 Å². The molecule has 2 rings (SSSR count). The maximum atomic E-state index is 9.50. The van der Waals surface area contributed by atoms with Gasteiger partial charge in [-0.05, 0) is 13.8 Å². The van der Waals surface area contributed by atoms with Crippen molar-refractivity contribution in [3.8, 4) is 0 Å². The molecule has 0 saturated carbocycles. The summed E-state index contributed by atoms with van der Waals surface area (Å²) in [6.07, 6.45) is 3.08. The molecule has 0 aromatic heterocycles. The highest BCUT2D eigenvalue weighted by Gasteiger charge is 2.32. The van der Waals surface area contributed by atoms with Crippen LogP contribution in [0.5, 0.6) is 0 Å². The van der Waals surface area contributed by atoms with Gasteiger partial charge in [-0.3, -0.25) is 0 Å². The van der Waals surface area contributed by atoms with Crippen LogP contribution in [0.3, 0.4) is 0 Å². The van der Waals surface area contributed by atoms with E-state index in [1.807, 2.05) is 13.8 Å². The Morgan fingerprint density at radius 1 is 1.04 bits per heavy atom. The molecule has 146 valence electrons. The topological polar surface area (TPSA) is 78.9 Å². The Kier molecular flexibility index (Phi) is 11.2. The van der Waals surface area contributed by atoms with E-state index in [4.69, 9.17) is 28.4 Å². The number of epoxide rings is 1. The Morgan fingerprint density at radius 3 is 2.20 bits per heavy atom. The molecule has 2 aliphatic rings. The monoisotopic (exact) mass is 360 g/mol. The Hall–Kier alpha value is -0.800. The lowest BCUT2D eigenvalue weighted by Crippen LogP contribution is -2.27. The number of aliphatic hydroxyl groups excluding tert-OH is 1. The van der Waals surface area contributed by atoms with Crippen molar-refractivity contribution in [3.05, 3.63) is 25.3 Å². The first-order chi connectivity index (χ1) is 12.0. The van der Waals surface area contributed by atoms with E-state index in [0.29, 0.717) is 32.5 Å². The molecule has 3 atom stereocenters. The molecule has 0 aromatic carbocycles. The first kappa shape index (κ1) is 22.2. The molecule has 2 saturated heterocycles. The highest BCUT2D eigenvalue weighted by molar-refractivity contribution is 4.71. The van der Waals surface area contributed by atoms with Gasteiger partial charge in [0.25, 0.3) is 0 Å². The molecule has 0 amide bonds. The van der Waals surface area contributed by atoms with Crippen molar-refractivity contribution < 1.29 is 33.5 Å². The first-order valence-electron chi connectivity index (χ1n) is 8.53. The largest absolute Gasteiger partial charge is 0.388 e. The predicted molar refractivity (Wildman–Crippen MR) is 93.5 cm³/mol. The molecule has 7 nitrogen and oxygen atoms in total. The third-order valence-electron chi connectivity index (χ3n) is 3.17. The van der Waals surface area contributed by atoms with Crippen LogP contribution >= 0.6 is 0 Å². The van der Waals surface area contributed by atoms with E-state index in [0.717, 1.165) is 13.2 Å². The molecular weight excluding hydrogens is 328 g/mol. The number of rotatable bonds is 12. The van der Waals surface area contributed by atoms with Crippen molar-refractivity contribution in [2.75, 3.05) is 52.9 Å². The van der Waals surface area contributed by atoms with Crippen molar-refractivity contribution in [2.24, 2.45) is 0 Å². The van der Waals surface area contributed by atoms with Crippen LogP contribution in [0.4, 0.5) is 0 Å². The second kappa shape index (κ2) is 12.5. The summed E-state index contributed by atoms with van der Waals surface area (Å²) in [5.74, 6) is -0.528. The second-order valence-electron chi connectivity index (χ2n) is 6.25. The van der Waals surface area contributed by atoms with E-state index >= 15 is 0 Å². The fourth-order valence-corrected chi connectivity index (χ4v) is 1.96. The van der Waals surface area contributed by atoms with E-state index in [2.05, 4.69) is 13.2 Å². The van der Waals surface area contributed by atoms with Crippen molar-refractivity contribution in [1.29, 1.82) is 0 Å². The van der Waals surface area contributed by atoms with Crippen LogP contribution < -0.4 is 0 Å². The smallest absolute Gasteiger partial charge is 0.163 e. The zero-order chi connectivity index (χ0) is 18.5. The van der Waals surface area contributed by atoms with Crippen molar-refractivity contribution in [3.63, 3.8) is 0 Å². The average Bonchev–Trinajstić information content (AvgIpc) is 3.32. The van der Waals surface area contributed by atoms with Gasteiger partial charge in [0.1, 0.15) is 18.3 Å². The summed E-state index contributed by atoms with van der Waals surface area (Å²) in [5, 5.41) is 9.50. The SMILES string of the molecule is C=CCOCC(O)COCC1COC(C)(C)O1.C=CCOCC1CO1. The van der Waals surface area contributed by atoms with Crippen LogP contribution in [0.1, 0.15) is 13.8 Å². The molecule has 25 heavy (non-hydrogen) atoms. The molecule has 2 heterocycles. The summed E-state index contributed by atoms with van der Waals surface area (Å²) in [6, 6.07) is 0. The van der Waals surface area contributed by atoms with E-state index in [1.54, 1.807) is 12.2 Å². The van der Waals surface area contributed by atoms with Gasteiger partial charge in [-0.2, -0.15) is 0 Å². The van der Waals surface area contributed by atoms with Crippen molar-refractivity contribution in [2.45, 2.75) is 37.9 Å². The third-order valence-corrected chi connectivity index (χ3v) is 3.17. The molecule has 0 aliphatic carbocycles. The van der Waals surface area contributed by atoms with Gasteiger partial charge < -0.3 is 33.5 Å². The zero-order valence-corrected chi connectivity index (χ0v) is 15.4. The maximum absolute atomic E-state index is 9.50. The summed E-state index contributed by atoms with van der Waals surface area (Å²) in [5.41, 5.74) is 0. The summed E-state index contributed by atoms with van der Waals surface area (Å²) in [6.45, 7) is 14.9. The summed E-state index contributed by atoms with van der Waals surface area (Å²) in [7, 11) is 0. The Labute approximate surface area is 150 Å². The van der Waals surface area contributed by atoms with Gasteiger partial charge in [0.2, 0.25) is 0 Å². The Balaban J connectivity index is 0.000000324. The fraction of sp³-hybridized carbons (Fsp3) is 0.778. The molecule has 0 radical (unpaired) electrons. The minimum atomic E-state index is -0.620. The number of hydrogen-bond acceptors (Lipinski definition) is 7. The molecule has 3 unspecified atom stereocenters. The quantitative estimate of drug-likeness (QED) is 0.319. The molecule has 0 spiro atoms. The summed E-state index contributed by atoms with van der Waals surface area (Å²) >= 11 is 0. The summed E-state index contributed by atoms with van der Waals surface area (Å²) < 4.78 is 31.3. The van der Waals surface area contributed by atoms with E-state index in [-0.39, 0.29) is 19.3 Å². The van der Waals surface area contributed by atoms with Gasteiger partial charge >= 0.3 is 0 Å². The molecule has 0 aromatic rings. The second-order valence-corrected chi connectivity index (χ2v) is 6.25. The minimum absolute atomic E-state index is 0.0636. The standard InChI is InChI=1S/C12H22O5.C6H10O2/c1-4-5-14-6-10(13)7-15-8-11-9-16-12(2,3)17-11;1-2-3-7-4-6-5-8-6/h4,10-11,13H,1,5-9H2,2-3H3;2,6H,1,3-5H2. The molecular formula is C18H32O7. The fourth-order valence-electron chi connectivity index (χ4n) is 1.96. The van der Waals surface area contributed by atoms with Gasteiger partial charge in [-0.1, -0.05) is 12.2 Å². The lowest BCUT2D eigenvalue weighted by atomic mass is 10.4. The predicted octanol–water partition coefficient (Wildman–Crippen LogP) is 1.31. The highest BCUT2D eigenvalue weighted by atomic mass is 16.7. The maximum Gasteiger partial charge on any atom is 0.163 e. The van der Waals surface area contributed by atoms with Crippen LogP contribution in [0, 0.1) is 0 Å². The van der Waals surface area contributed by atoms with Gasteiger partial charge in [0.05, 0.1) is 52.9 Å². The normalized spacial score (nSPS) is 24.9. The van der Waals surface area contributed by atoms with Crippen molar-refractivity contribution in [1.82, 2.24) is 0 Å². The van der Waals surface area contributed by atoms with Crippen LogP contribution in [0.15, 0.2) is 25.3 Å². The molecule has 2 aliphatic heterocycles. The first-order valence-corrected chi connectivity index (χ1v) is 8.53. The average molecular weight is 360 g/mol.